The maximum absolute atomic E-state index is 13.6. The predicted molar refractivity (Wildman–Crippen MR) is 138 cm³/mol. The van der Waals surface area contributed by atoms with Crippen LogP contribution in [0, 0.1) is 0 Å². The van der Waals surface area contributed by atoms with E-state index in [-0.39, 0.29) is 11.6 Å². The Hall–Kier alpha value is -3.85. The first-order valence-corrected chi connectivity index (χ1v) is 11.9. The molecule has 0 radical (unpaired) electrons. The van der Waals surface area contributed by atoms with E-state index < -0.39 is 0 Å². The van der Waals surface area contributed by atoms with Gasteiger partial charge in [0.1, 0.15) is 5.75 Å². The van der Waals surface area contributed by atoms with Crippen molar-refractivity contribution in [2.24, 2.45) is 12.8 Å². The van der Waals surface area contributed by atoms with E-state index in [1.807, 2.05) is 47.0 Å². The lowest BCUT2D eigenvalue weighted by Crippen LogP contribution is -2.44. The monoisotopic (exact) mass is 473 g/mol. The van der Waals surface area contributed by atoms with Gasteiger partial charge < -0.3 is 20.7 Å². The third kappa shape index (κ3) is 4.72. The largest absolute Gasteiger partial charge is 0.497 e. The van der Waals surface area contributed by atoms with Gasteiger partial charge in [0.25, 0.3) is 5.56 Å². The lowest BCUT2D eigenvalue weighted by molar-refractivity contribution is 0.414. The van der Waals surface area contributed by atoms with Crippen molar-refractivity contribution in [2.45, 2.75) is 32.0 Å². The average Bonchev–Trinajstić information content (AvgIpc) is 3.24. The molecule has 9 nitrogen and oxygen atoms in total. The highest BCUT2D eigenvalue weighted by atomic mass is 16.5. The van der Waals surface area contributed by atoms with Crippen LogP contribution in [0.1, 0.15) is 24.0 Å². The summed E-state index contributed by atoms with van der Waals surface area (Å²) >= 11 is 0. The number of benzene rings is 2. The zero-order chi connectivity index (χ0) is 24.4. The van der Waals surface area contributed by atoms with Gasteiger partial charge in [-0.15, -0.1) is 0 Å². The molecule has 2 aromatic heterocycles. The lowest BCUT2D eigenvalue weighted by atomic mass is 10.1. The van der Waals surface area contributed by atoms with Crippen LogP contribution in [0.4, 0.5) is 11.9 Å². The highest BCUT2D eigenvalue weighted by Gasteiger charge is 2.25. The molecule has 5 rings (SSSR count). The summed E-state index contributed by atoms with van der Waals surface area (Å²) in [6.07, 6.45) is 1.99. The molecule has 1 saturated heterocycles. The van der Waals surface area contributed by atoms with Gasteiger partial charge in [-0.2, -0.15) is 9.97 Å². The van der Waals surface area contributed by atoms with Crippen molar-refractivity contribution in [3.8, 4) is 5.75 Å². The normalized spacial score (nSPS) is 16.0. The minimum absolute atomic E-state index is 0.0891. The van der Waals surface area contributed by atoms with Crippen molar-refractivity contribution < 1.29 is 4.74 Å². The summed E-state index contributed by atoms with van der Waals surface area (Å²) in [6.45, 7) is 2.62. The summed E-state index contributed by atoms with van der Waals surface area (Å²) < 4.78 is 8.77. The Balaban J connectivity index is 1.53. The van der Waals surface area contributed by atoms with Gasteiger partial charge in [0.15, 0.2) is 11.2 Å². The molecule has 1 fully saturated rings. The van der Waals surface area contributed by atoms with Crippen LogP contribution in [-0.2, 0) is 20.1 Å². The molecule has 35 heavy (non-hydrogen) atoms. The fraction of sp³-hybridized carbons (Fsp3) is 0.346. The Morgan fingerprint density at radius 3 is 2.57 bits per heavy atom. The summed E-state index contributed by atoms with van der Waals surface area (Å²) in [6, 6.07) is 18.0. The van der Waals surface area contributed by atoms with E-state index in [2.05, 4.69) is 22.3 Å². The molecule has 0 amide bonds. The first-order chi connectivity index (χ1) is 17.0. The second-order valence-electron chi connectivity index (χ2n) is 9.01. The van der Waals surface area contributed by atoms with Crippen molar-refractivity contribution in [3.63, 3.8) is 0 Å². The van der Waals surface area contributed by atoms with Gasteiger partial charge in [0, 0.05) is 32.7 Å². The van der Waals surface area contributed by atoms with Crippen molar-refractivity contribution in [3.05, 3.63) is 76.1 Å². The molecule has 0 spiro atoms. The number of nitrogens with two attached hydrogens (primary N) is 1. The van der Waals surface area contributed by atoms with E-state index in [4.69, 9.17) is 20.4 Å². The van der Waals surface area contributed by atoms with Crippen molar-refractivity contribution in [2.75, 3.05) is 30.4 Å². The maximum atomic E-state index is 13.6. The van der Waals surface area contributed by atoms with Crippen LogP contribution in [0.3, 0.4) is 0 Å². The summed E-state index contributed by atoms with van der Waals surface area (Å²) in [5.74, 6) is 2.02. The van der Waals surface area contributed by atoms with Crippen molar-refractivity contribution in [1.82, 2.24) is 19.1 Å². The number of anilines is 2. The number of methoxy groups -OCH3 is 1. The highest BCUT2D eigenvalue weighted by molar-refractivity contribution is 5.75. The molecule has 0 bridgehead atoms. The van der Waals surface area contributed by atoms with E-state index in [9.17, 15) is 4.79 Å². The number of fused-ring (bicyclic) bond motifs is 1. The Morgan fingerprint density at radius 2 is 1.86 bits per heavy atom. The van der Waals surface area contributed by atoms with Gasteiger partial charge in [-0.1, -0.05) is 42.5 Å². The minimum atomic E-state index is -0.136. The second-order valence-corrected chi connectivity index (χ2v) is 9.01. The Bertz CT molecular complexity index is 1360. The molecule has 1 atom stereocenters. The number of ether oxygens (including phenoxy) is 1. The molecule has 182 valence electrons. The molecule has 2 aromatic carbocycles. The van der Waals surface area contributed by atoms with Gasteiger partial charge in [0.2, 0.25) is 11.9 Å². The average molecular weight is 474 g/mol. The topological polar surface area (TPSA) is 103 Å². The van der Waals surface area contributed by atoms with Crippen LogP contribution < -0.4 is 26.2 Å². The first kappa shape index (κ1) is 22.9. The standard InChI is InChI=1S/C26H31N7O2/c1-31-24(34)22-23(29-25(31)28-15-18-10-12-21(35-2)13-11-18)30-26(32-14-6-9-20(27)17-32)33(22)16-19-7-4-3-5-8-19/h3-5,7-8,10-13,20H,6,9,14-17,27H2,1-2H3,(H,28,29). The fourth-order valence-corrected chi connectivity index (χ4v) is 4.58. The molecule has 4 aromatic rings. The van der Waals surface area contributed by atoms with Crippen LogP contribution in [0.25, 0.3) is 11.2 Å². The van der Waals surface area contributed by atoms with E-state index >= 15 is 0 Å². The number of rotatable bonds is 7. The number of nitrogens with zero attached hydrogens (tertiary/aromatic N) is 5. The molecule has 9 heteroatoms. The smallest absolute Gasteiger partial charge is 0.281 e. The molecule has 0 aliphatic carbocycles. The molecule has 3 heterocycles. The molecule has 3 N–H and O–H groups in total. The number of hydrogen-bond donors (Lipinski definition) is 2. The maximum Gasteiger partial charge on any atom is 0.281 e. The van der Waals surface area contributed by atoms with Crippen LogP contribution in [-0.4, -0.2) is 45.3 Å². The van der Waals surface area contributed by atoms with Gasteiger partial charge in [-0.05, 0) is 36.1 Å². The number of hydrogen-bond acceptors (Lipinski definition) is 7. The Kier molecular flexibility index (Phi) is 6.41. The van der Waals surface area contributed by atoms with E-state index in [0.29, 0.717) is 36.7 Å². The van der Waals surface area contributed by atoms with Crippen molar-refractivity contribution in [1.29, 1.82) is 0 Å². The van der Waals surface area contributed by atoms with E-state index in [1.165, 1.54) is 0 Å². The lowest BCUT2D eigenvalue weighted by Gasteiger charge is -2.31. The SMILES string of the molecule is COc1ccc(CNc2nc3nc(N4CCCC(N)C4)n(Cc4ccccc4)c3c(=O)n2C)cc1. The summed E-state index contributed by atoms with van der Waals surface area (Å²) in [5, 5.41) is 3.29. The zero-order valence-electron chi connectivity index (χ0n) is 20.1. The van der Waals surface area contributed by atoms with Gasteiger partial charge in [0.05, 0.1) is 13.7 Å². The van der Waals surface area contributed by atoms with Crippen LogP contribution >= 0.6 is 0 Å². The molecule has 1 aliphatic heterocycles. The highest BCUT2D eigenvalue weighted by Crippen LogP contribution is 2.25. The molecular formula is C26H31N7O2. The van der Waals surface area contributed by atoms with Gasteiger partial charge in [-0.3, -0.25) is 13.9 Å². The third-order valence-corrected chi connectivity index (χ3v) is 6.50. The van der Waals surface area contributed by atoms with Gasteiger partial charge in [-0.25, -0.2) is 0 Å². The molecule has 0 saturated carbocycles. The quantitative estimate of drug-likeness (QED) is 0.425. The number of imidazole rings is 1. The van der Waals surface area contributed by atoms with Crippen LogP contribution in [0.15, 0.2) is 59.4 Å². The van der Waals surface area contributed by atoms with Crippen LogP contribution in [0.2, 0.25) is 0 Å². The Morgan fingerprint density at radius 1 is 1.09 bits per heavy atom. The predicted octanol–water partition coefficient (Wildman–Crippen LogP) is 2.73. The molecule has 1 unspecified atom stereocenters. The summed E-state index contributed by atoms with van der Waals surface area (Å²) in [7, 11) is 3.38. The van der Waals surface area contributed by atoms with E-state index in [0.717, 1.165) is 42.2 Å². The van der Waals surface area contributed by atoms with Gasteiger partial charge >= 0.3 is 0 Å². The number of piperidine rings is 1. The molecule has 1 aliphatic rings. The van der Waals surface area contributed by atoms with Crippen molar-refractivity contribution >= 4 is 23.1 Å². The summed E-state index contributed by atoms with van der Waals surface area (Å²) in [5.41, 5.74) is 9.23. The van der Waals surface area contributed by atoms with Crippen LogP contribution in [0.5, 0.6) is 5.75 Å². The Labute approximate surface area is 204 Å². The fourth-order valence-electron chi connectivity index (χ4n) is 4.58. The third-order valence-electron chi connectivity index (χ3n) is 6.50. The first-order valence-electron chi connectivity index (χ1n) is 11.9. The second kappa shape index (κ2) is 9.79. The number of nitrogens with one attached hydrogen (secondary N) is 1. The number of aromatic nitrogens is 4. The summed E-state index contributed by atoms with van der Waals surface area (Å²) in [4.78, 5) is 25.4. The van der Waals surface area contributed by atoms with E-state index in [1.54, 1.807) is 18.7 Å². The minimum Gasteiger partial charge on any atom is -0.497 e. The molecular weight excluding hydrogens is 442 g/mol. The zero-order valence-corrected chi connectivity index (χ0v) is 20.1.